The molecule has 3 aromatic carbocycles. The number of benzene rings is 3. The second-order valence-electron chi connectivity index (χ2n) is 10.2. The molecular weight excluding hydrogens is 553 g/mol. The average molecular weight is 589 g/mol. The second kappa shape index (κ2) is 12.3. The van der Waals surface area contributed by atoms with E-state index in [-0.39, 0.29) is 9.92 Å². The van der Waals surface area contributed by atoms with Crippen molar-refractivity contribution in [3.8, 4) is 5.75 Å². The quantitative estimate of drug-likeness (QED) is 0.217. The Kier molecular flexibility index (Phi) is 9.27. The minimum Gasteiger partial charge on any atom is -0.493 e. The van der Waals surface area contributed by atoms with Crippen LogP contribution in [0.2, 0.25) is 10.0 Å². The lowest BCUT2D eigenvalue weighted by atomic mass is 9.94. The molecule has 0 saturated carbocycles. The van der Waals surface area contributed by atoms with Gasteiger partial charge in [-0.25, -0.2) is 8.42 Å². The van der Waals surface area contributed by atoms with Crippen LogP contribution in [-0.2, 0) is 22.1 Å². The predicted molar refractivity (Wildman–Crippen MR) is 160 cm³/mol. The van der Waals surface area contributed by atoms with Gasteiger partial charge in [-0.05, 0) is 69.9 Å². The highest BCUT2D eigenvalue weighted by atomic mass is 35.5. The van der Waals surface area contributed by atoms with Crippen molar-refractivity contribution < 1.29 is 13.2 Å². The average Bonchev–Trinajstić information content (AvgIpc) is 3.44. The minimum absolute atomic E-state index is 0.0543. The van der Waals surface area contributed by atoms with Gasteiger partial charge in [0.05, 0.1) is 22.7 Å². The van der Waals surface area contributed by atoms with Gasteiger partial charge in [-0.3, -0.25) is 4.99 Å². The molecule has 39 heavy (non-hydrogen) atoms. The second-order valence-corrected chi connectivity index (χ2v) is 12.9. The smallest absolute Gasteiger partial charge is 0.244 e. The van der Waals surface area contributed by atoms with Crippen LogP contribution in [0, 0.1) is 6.92 Å². The van der Waals surface area contributed by atoms with E-state index in [1.165, 1.54) is 4.31 Å². The highest BCUT2D eigenvalue weighted by Crippen LogP contribution is 2.35. The van der Waals surface area contributed by atoms with Crippen molar-refractivity contribution in [3.63, 3.8) is 0 Å². The lowest BCUT2D eigenvalue weighted by Crippen LogP contribution is -2.31. The van der Waals surface area contributed by atoms with Crippen molar-refractivity contribution in [2.24, 2.45) is 4.99 Å². The maximum absolute atomic E-state index is 13.6. The number of aryl methyl sites for hydroxylation is 1. The van der Waals surface area contributed by atoms with Crippen LogP contribution < -0.4 is 10.1 Å². The highest BCUT2D eigenvalue weighted by molar-refractivity contribution is 7.89. The third-order valence-electron chi connectivity index (χ3n) is 6.79. The van der Waals surface area contributed by atoms with Gasteiger partial charge in [0.25, 0.3) is 0 Å². The Morgan fingerprint density at radius 2 is 1.67 bits per heavy atom. The molecule has 1 N–H and O–H groups in total. The van der Waals surface area contributed by atoms with Crippen LogP contribution in [0.15, 0.2) is 70.6 Å². The molecule has 6 nitrogen and oxygen atoms in total. The minimum atomic E-state index is -3.78. The number of ether oxygens (including phenoxy) is 1. The zero-order chi connectivity index (χ0) is 28.2. The molecule has 0 bridgehead atoms. The molecule has 1 fully saturated rings. The standard InChI is InChI=1S/C30H35Cl2N3O3S/c1-5-38-27-19-26(32)28(39(36,37)35-16-6-7-17-35)18-25(27)29(33-20-22-10-14-24(31)15-11-22)34-30(3,4)23-12-8-21(2)9-13-23/h8-15,18-19H,5-7,16-17,20H2,1-4H3,(H,33,34). The monoisotopic (exact) mass is 587 g/mol. The SMILES string of the molecule is CCOc1cc(Cl)c(S(=O)(=O)N2CCCC2)cc1/C(=N/C(C)(C)c1ccc(C)cc1)NCc1ccc(Cl)cc1. The van der Waals surface area contributed by atoms with Gasteiger partial charge in [0, 0.05) is 30.7 Å². The summed E-state index contributed by atoms with van der Waals surface area (Å²) in [6.07, 6.45) is 1.67. The Morgan fingerprint density at radius 1 is 1.03 bits per heavy atom. The van der Waals surface area contributed by atoms with Gasteiger partial charge in [0.15, 0.2) is 0 Å². The van der Waals surface area contributed by atoms with Gasteiger partial charge in [-0.1, -0.05) is 65.2 Å². The number of hydrogen-bond donors (Lipinski definition) is 1. The molecule has 0 amide bonds. The first-order valence-corrected chi connectivity index (χ1v) is 15.3. The number of nitrogens with zero attached hydrogens (tertiary/aromatic N) is 2. The van der Waals surface area contributed by atoms with Gasteiger partial charge in [-0.15, -0.1) is 0 Å². The molecular formula is C30H35Cl2N3O3S. The number of rotatable bonds is 9. The maximum Gasteiger partial charge on any atom is 0.244 e. The molecule has 4 rings (SSSR count). The summed E-state index contributed by atoms with van der Waals surface area (Å²) in [5.74, 6) is 0.971. The molecule has 9 heteroatoms. The molecule has 3 aromatic rings. The molecule has 0 aliphatic carbocycles. The van der Waals surface area contributed by atoms with Crippen molar-refractivity contribution in [3.05, 3.63) is 93.0 Å². The molecule has 1 aliphatic rings. The van der Waals surface area contributed by atoms with E-state index >= 15 is 0 Å². The Labute approximate surface area is 242 Å². The van der Waals surface area contributed by atoms with Crippen molar-refractivity contribution in [2.75, 3.05) is 19.7 Å². The third kappa shape index (κ3) is 6.95. The number of nitrogens with one attached hydrogen (secondary N) is 1. The molecule has 0 atom stereocenters. The maximum atomic E-state index is 13.6. The first-order valence-electron chi connectivity index (χ1n) is 13.1. The lowest BCUT2D eigenvalue weighted by molar-refractivity contribution is 0.339. The van der Waals surface area contributed by atoms with Crippen molar-refractivity contribution in [1.29, 1.82) is 0 Å². The van der Waals surface area contributed by atoms with Gasteiger partial charge >= 0.3 is 0 Å². The summed E-state index contributed by atoms with van der Waals surface area (Å²) in [7, 11) is -3.78. The fraction of sp³-hybridized carbons (Fsp3) is 0.367. The van der Waals surface area contributed by atoms with Crippen LogP contribution in [0.3, 0.4) is 0 Å². The molecule has 1 heterocycles. The Bertz CT molecular complexity index is 1430. The zero-order valence-electron chi connectivity index (χ0n) is 22.8. The number of hydrogen-bond acceptors (Lipinski definition) is 4. The van der Waals surface area contributed by atoms with Crippen LogP contribution in [0.5, 0.6) is 5.75 Å². The third-order valence-corrected chi connectivity index (χ3v) is 9.41. The van der Waals surface area contributed by atoms with E-state index in [9.17, 15) is 8.42 Å². The van der Waals surface area contributed by atoms with E-state index in [1.54, 1.807) is 12.1 Å². The van der Waals surface area contributed by atoms with Gasteiger partial charge in [0.1, 0.15) is 16.5 Å². The fourth-order valence-electron chi connectivity index (χ4n) is 4.55. The Balaban J connectivity index is 1.85. The summed E-state index contributed by atoms with van der Waals surface area (Å²) in [5.41, 5.74) is 3.08. The summed E-state index contributed by atoms with van der Waals surface area (Å²) in [6.45, 7) is 9.77. The van der Waals surface area contributed by atoms with E-state index < -0.39 is 15.6 Å². The van der Waals surface area contributed by atoms with Gasteiger partial charge in [0.2, 0.25) is 10.0 Å². The molecule has 0 aromatic heterocycles. The first-order chi connectivity index (χ1) is 18.5. The lowest BCUT2D eigenvalue weighted by Gasteiger charge is -2.25. The van der Waals surface area contributed by atoms with E-state index in [4.69, 9.17) is 32.9 Å². The van der Waals surface area contributed by atoms with Crippen molar-refractivity contribution >= 4 is 39.1 Å². The van der Waals surface area contributed by atoms with E-state index in [0.717, 1.165) is 29.5 Å². The summed E-state index contributed by atoms with van der Waals surface area (Å²) in [4.78, 5) is 5.21. The van der Waals surface area contributed by atoms with E-state index in [2.05, 4.69) is 29.6 Å². The number of sulfonamides is 1. The predicted octanol–water partition coefficient (Wildman–Crippen LogP) is 6.96. The molecule has 0 radical (unpaired) electrons. The van der Waals surface area contributed by atoms with Crippen molar-refractivity contribution in [2.45, 2.75) is 57.5 Å². The van der Waals surface area contributed by atoms with Gasteiger partial charge < -0.3 is 10.1 Å². The number of halogens is 2. The Hall–Kier alpha value is -2.58. The van der Waals surface area contributed by atoms with Crippen molar-refractivity contribution in [1.82, 2.24) is 9.62 Å². The molecule has 1 aliphatic heterocycles. The van der Waals surface area contributed by atoms with Gasteiger partial charge in [-0.2, -0.15) is 4.31 Å². The Morgan fingerprint density at radius 3 is 2.28 bits per heavy atom. The largest absolute Gasteiger partial charge is 0.493 e. The molecule has 208 valence electrons. The number of amidine groups is 1. The fourth-order valence-corrected chi connectivity index (χ4v) is 6.71. The highest BCUT2D eigenvalue weighted by Gasteiger charge is 2.31. The van der Waals surface area contributed by atoms with E-state index in [0.29, 0.717) is 48.4 Å². The zero-order valence-corrected chi connectivity index (χ0v) is 25.1. The summed E-state index contributed by atoms with van der Waals surface area (Å²) in [6, 6.07) is 19.0. The summed E-state index contributed by atoms with van der Waals surface area (Å²) < 4.78 is 34.6. The van der Waals surface area contributed by atoms with Crippen LogP contribution in [0.25, 0.3) is 0 Å². The topological polar surface area (TPSA) is 71.0 Å². The molecule has 0 unspecified atom stereocenters. The van der Waals surface area contributed by atoms with Crippen LogP contribution >= 0.6 is 23.2 Å². The summed E-state index contributed by atoms with van der Waals surface area (Å²) >= 11 is 12.7. The number of aliphatic imine (C=N–C) groups is 1. The normalized spacial score (nSPS) is 15.0. The first kappa shape index (κ1) is 29.4. The van der Waals surface area contributed by atoms with Crippen LogP contribution in [-0.4, -0.2) is 38.3 Å². The van der Waals surface area contributed by atoms with Crippen LogP contribution in [0.4, 0.5) is 0 Å². The van der Waals surface area contributed by atoms with E-state index in [1.807, 2.05) is 52.0 Å². The molecule has 1 saturated heterocycles. The summed E-state index contributed by atoms with van der Waals surface area (Å²) in [5, 5.41) is 4.23. The molecule has 0 spiro atoms. The van der Waals surface area contributed by atoms with Crippen LogP contribution in [0.1, 0.15) is 55.9 Å².